The molecule has 0 amide bonds. The molecule has 0 unspecified atom stereocenters. The fraction of sp³-hybridized carbons (Fsp3) is 0.462. The molecule has 1 heterocycles. The van der Waals surface area contributed by atoms with E-state index in [2.05, 4.69) is 37.6 Å². The lowest BCUT2D eigenvalue weighted by Gasteiger charge is -2.23. The maximum atomic E-state index is 5.74. The molecule has 3 nitrogen and oxygen atoms in total. The molecule has 2 aromatic rings. The van der Waals surface area contributed by atoms with Gasteiger partial charge in [-0.05, 0) is 23.7 Å². The van der Waals surface area contributed by atoms with Crippen molar-refractivity contribution in [2.75, 3.05) is 34.3 Å². The van der Waals surface area contributed by atoms with Gasteiger partial charge in [-0.15, -0.1) is 0 Å². The average Bonchev–Trinajstić information content (AvgIpc) is 2.67. The molecule has 1 aromatic heterocycles. The van der Waals surface area contributed by atoms with Gasteiger partial charge in [0.15, 0.2) is 0 Å². The molecule has 0 fully saturated rings. The van der Waals surface area contributed by atoms with Crippen LogP contribution in [0.1, 0.15) is 6.42 Å². The van der Waals surface area contributed by atoms with Gasteiger partial charge >= 0.3 is 0 Å². The van der Waals surface area contributed by atoms with E-state index in [4.69, 9.17) is 4.74 Å². The van der Waals surface area contributed by atoms with Gasteiger partial charge in [0, 0.05) is 6.42 Å². The van der Waals surface area contributed by atoms with Gasteiger partial charge in [0.25, 0.3) is 0 Å². The van der Waals surface area contributed by atoms with Crippen molar-refractivity contribution in [2.45, 2.75) is 6.42 Å². The van der Waals surface area contributed by atoms with Crippen molar-refractivity contribution in [3.8, 4) is 5.88 Å². The van der Waals surface area contributed by atoms with E-state index >= 15 is 0 Å². The lowest BCUT2D eigenvalue weighted by Crippen LogP contribution is -2.35. The number of fused-ring (bicyclic) bond motifs is 1. The van der Waals surface area contributed by atoms with E-state index in [1.165, 1.54) is 16.2 Å². The van der Waals surface area contributed by atoms with Gasteiger partial charge in [-0.1, -0.05) is 12.1 Å². The molecule has 2 rings (SSSR count). The summed E-state index contributed by atoms with van der Waals surface area (Å²) in [6.45, 7) is 1.85. The highest BCUT2D eigenvalue weighted by Crippen LogP contribution is 2.27. The quantitative estimate of drug-likeness (QED) is 0.602. The molecule has 0 aliphatic heterocycles. The second-order valence-corrected chi connectivity index (χ2v) is 6.00. The smallest absolute Gasteiger partial charge is 0.233 e. The third-order valence-electron chi connectivity index (χ3n) is 2.56. The number of benzene rings is 1. The monoisotopic (exact) mass is 251 g/mol. The summed E-state index contributed by atoms with van der Waals surface area (Å²) in [7, 11) is 6.58. The first-order valence-electron chi connectivity index (χ1n) is 5.84. The Morgan fingerprint density at radius 1 is 1.24 bits per heavy atom. The van der Waals surface area contributed by atoms with Crippen molar-refractivity contribution < 1.29 is 9.22 Å². The first-order valence-corrected chi connectivity index (χ1v) is 6.61. The average molecular weight is 251 g/mol. The molecular weight excluding hydrogens is 232 g/mol. The topological polar surface area (TPSA) is 22.1 Å². The van der Waals surface area contributed by atoms with Crippen LogP contribution >= 0.6 is 11.5 Å². The van der Waals surface area contributed by atoms with Crippen LogP contribution in [0.3, 0.4) is 0 Å². The fourth-order valence-electron chi connectivity index (χ4n) is 1.67. The van der Waals surface area contributed by atoms with Crippen LogP contribution < -0.4 is 4.74 Å². The SMILES string of the molecule is C[N+](C)(C)CCCOc1nsc2ccccc12. The molecule has 0 atom stereocenters. The Morgan fingerprint density at radius 2 is 2.00 bits per heavy atom. The molecule has 0 spiro atoms. The number of nitrogens with zero attached hydrogens (tertiary/aromatic N) is 2. The predicted octanol–water partition coefficient (Wildman–Crippen LogP) is 2.77. The summed E-state index contributed by atoms with van der Waals surface area (Å²) in [4.78, 5) is 0. The van der Waals surface area contributed by atoms with E-state index in [-0.39, 0.29) is 0 Å². The summed E-state index contributed by atoms with van der Waals surface area (Å²) in [5.41, 5.74) is 0. The molecule has 0 bridgehead atoms. The first kappa shape index (κ1) is 12.3. The van der Waals surface area contributed by atoms with Crippen molar-refractivity contribution in [1.82, 2.24) is 4.37 Å². The molecule has 0 N–H and O–H groups in total. The van der Waals surface area contributed by atoms with E-state index in [1.54, 1.807) is 0 Å². The third kappa shape index (κ3) is 3.41. The Bertz CT molecular complexity index is 487. The van der Waals surface area contributed by atoms with Crippen molar-refractivity contribution in [1.29, 1.82) is 0 Å². The number of aromatic nitrogens is 1. The zero-order chi connectivity index (χ0) is 12.3. The third-order valence-corrected chi connectivity index (χ3v) is 3.37. The first-order chi connectivity index (χ1) is 8.06. The van der Waals surface area contributed by atoms with Crippen LogP contribution in [0.25, 0.3) is 10.1 Å². The van der Waals surface area contributed by atoms with Crippen LogP contribution in [-0.2, 0) is 0 Å². The zero-order valence-corrected chi connectivity index (χ0v) is 11.5. The van der Waals surface area contributed by atoms with Gasteiger partial charge in [0.05, 0.1) is 44.4 Å². The van der Waals surface area contributed by atoms with Gasteiger partial charge in [-0.2, -0.15) is 4.37 Å². The van der Waals surface area contributed by atoms with Crippen LogP contribution in [0, 0.1) is 0 Å². The molecule has 1 aromatic carbocycles. The number of rotatable bonds is 5. The van der Waals surface area contributed by atoms with E-state index in [0.717, 1.165) is 35.3 Å². The summed E-state index contributed by atoms with van der Waals surface area (Å²) in [5, 5.41) is 1.13. The summed E-state index contributed by atoms with van der Waals surface area (Å²) in [6, 6.07) is 8.19. The molecule has 0 radical (unpaired) electrons. The maximum Gasteiger partial charge on any atom is 0.233 e. The van der Waals surface area contributed by atoms with Crippen LogP contribution in [0.15, 0.2) is 24.3 Å². The highest BCUT2D eigenvalue weighted by atomic mass is 32.1. The standard InChI is InChI=1S/C13H19N2OS/c1-15(2,3)9-6-10-16-13-11-7-4-5-8-12(11)17-14-13/h4-5,7-8H,6,9-10H2,1-3H3/q+1. The van der Waals surface area contributed by atoms with Gasteiger partial charge in [-0.25, -0.2) is 0 Å². The zero-order valence-electron chi connectivity index (χ0n) is 10.6. The van der Waals surface area contributed by atoms with Crippen LogP contribution in [0.4, 0.5) is 0 Å². The Kier molecular flexibility index (Phi) is 3.64. The van der Waals surface area contributed by atoms with Gasteiger partial charge in [0.1, 0.15) is 0 Å². The summed E-state index contributed by atoms with van der Waals surface area (Å²) < 4.78 is 12.2. The molecule has 0 aliphatic carbocycles. The fourth-order valence-corrected chi connectivity index (χ4v) is 2.40. The number of quaternary nitrogens is 1. The second kappa shape index (κ2) is 5.02. The van der Waals surface area contributed by atoms with Gasteiger partial charge < -0.3 is 9.22 Å². The van der Waals surface area contributed by atoms with E-state index in [1.807, 2.05) is 12.1 Å². The van der Waals surface area contributed by atoms with Gasteiger partial charge in [0.2, 0.25) is 5.88 Å². The number of ether oxygens (including phenoxy) is 1. The molecule has 0 aliphatic rings. The minimum atomic E-state index is 0.739. The maximum absolute atomic E-state index is 5.74. The Hall–Kier alpha value is -1.13. The highest BCUT2D eigenvalue weighted by Gasteiger charge is 2.08. The molecule has 0 saturated heterocycles. The van der Waals surface area contributed by atoms with E-state index in [0.29, 0.717) is 0 Å². The van der Waals surface area contributed by atoms with Crippen molar-refractivity contribution >= 4 is 21.6 Å². The van der Waals surface area contributed by atoms with Crippen LogP contribution in [-0.4, -0.2) is 43.2 Å². The minimum Gasteiger partial charge on any atom is -0.476 e. The minimum absolute atomic E-state index is 0.739. The highest BCUT2D eigenvalue weighted by molar-refractivity contribution is 7.13. The van der Waals surface area contributed by atoms with Crippen LogP contribution in [0.2, 0.25) is 0 Å². The number of hydrogen-bond acceptors (Lipinski definition) is 3. The van der Waals surface area contributed by atoms with Crippen LogP contribution in [0.5, 0.6) is 5.88 Å². The lowest BCUT2D eigenvalue weighted by atomic mass is 10.3. The Morgan fingerprint density at radius 3 is 2.76 bits per heavy atom. The lowest BCUT2D eigenvalue weighted by molar-refractivity contribution is -0.870. The summed E-state index contributed by atoms with van der Waals surface area (Å²) in [5.74, 6) is 0.784. The normalized spacial score (nSPS) is 11.9. The van der Waals surface area contributed by atoms with Gasteiger partial charge in [-0.3, -0.25) is 0 Å². The van der Waals surface area contributed by atoms with Crippen molar-refractivity contribution in [2.24, 2.45) is 0 Å². The Balaban J connectivity index is 1.91. The summed E-state index contributed by atoms with van der Waals surface area (Å²) >= 11 is 1.50. The van der Waals surface area contributed by atoms with Crippen molar-refractivity contribution in [3.05, 3.63) is 24.3 Å². The molecular formula is C13H19N2OS+. The van der Waals surface area contributed by atoms with Crippen molar-refractivity contribution in [3.63, 3.8) is 0 Å². The summed E-state index contributed by atoms with van der Waals surface area (Å²) in [6.07, 6.45) is 1.05. The van der Waals surface area contributed by atoms with E-state index in [9.17, 15) is 0 Å². The molecule has 0 saturated carbocycles. The largest absolute Gasteiger partial charge is 0.476 e. The number of hydrogen-bond donors (Lipinski definition) is 0. The molecule has 4 heteroatoms. The Labute approximate surface area is 106 Å². The molecule has 92 valence electrons. The van der Waals surface area contributed by atoms with E-state index < -0.39 is 0 Å². The molecule has 17 heavy (non-hydrogen) atoms. The predicted molar refractivity (Wildman–Crippen MR) is 72.6 cm³/mol. The second-order valence-electron chi connectivity index (χ2n) is 5.20.